The lowest BCUT2D eigenvalue weighted by atomic mass is 10.0. The van der Waals surface area contributed by atoms with Crippen molar-refractivity contribution in [2.75, 3.05) is 24.3 Å². The minimum atomic E-state index is 0.497. The van der Waals surface area contributed by atoms with Gasteiger partial charge in [-0.2, -0.15) is 10.4 Å². The van der Waals surface area contributed by atoms with Crippen molar-refractivity contribution in [1.82, 2.24) is 15.2 Å². The molecule has 132 valence electrons. The van der Waals surface area contributed by atoms with Crippen molar-refractivity contribution >= 4 is 28.0 Å². The van der Waals surface area contributed by atoms with E-state index < -0.39 is 0 Å². The highest BCUT2D eigenvalue weighted by Crippen LogP contribution is 2.33. The van der Waals surface area contributed by atoms with E-state index in [0.717, 1.165) is 39.1 Å². The second-order valence-electron chi connectivity index (χ2n) is 6.46. The van der Waals surface area contributed by atoms with E-state index in [0.29, 0.717) is 5.56 Å². The van der Waals surface area contributed by atoms with Gasteiger partial charge in [0.25, 0.3) is 0 Å². The zero-order chi connectivity index (χ0) is 18.8. The Morgan fingerprint density at radius 2 is 1.85 bits per heavy atom. The van der Waals surface area contributed by atoms with Crippen LogP contribution in [0.2, 0.25) is 0 Å². The molecule has 0 amide bonds. The van der Waals surface area contributed by atoms with Gasteiger partial charge in [-0.15, -0.1) is 0 Å². The summed E-state index contributed by atoms with van der Waals surface area (Å²) in [6.45, 7) is 0. The molecule has 0 aliphatic carbocycles. The van der Waals surface area contributed by atoms with Crippen LogP contribution in [0.4, 0.5) is 17.1 Å². The molecule has 4 aromatic rings. The number of H-pyrrole nitrogens is 1. The molecule has 2 heterocycles. The molecule has 0 saturated heterocycles. The van der Waals surface area contributed by atoms with Crippen LogP contribution in [-0.4, -0.2) is 29.3 Å². The molecule has 6 heteroatoms. The molecule has 0 unspecified atom stereocenters. The number of benzene rings is 2. The molecule has 0 saturated carbocycles. The summed E-state index contributed by atoms with van der Waals surface area (Å²) in [5.41, 5.74) is 6.09. The summed E-state index contributed by atoms with van der Waals surface area (Å²) in [6.07, 6.45) is 5.14. The number of pyridine rings is 1. The number of rotatable bonds is 4. The molecule has 0 aliphatic rings. The number of hydrogen-bond acceptors (Lipinski definition) is 5. The maximum absolute atomic E-state index is 9.57. The van der Waals surface area contributed by atoms with E-state index in [-0.39, 0.29) is 0 Å². The molecule has 0 aliphatic heterocycles. The number of fused-ring (bicyclic) bond motifs is 1. The van der Waals surface area contributed by atoms with Gasteiger partial charge in [0.15, 0.2) is 0 Å². The van der Waals surface area contributed by atoms with Gasteiger partial charge in [-0.05, 0) is 35.9 Å². The van der Waals surface area contributed by atoms with E-state index in [1.165, 1.54) is 0 Å². The number of nitriles is 1. The largest absolute Gasteiger partial charge is 0.378 e. The summed E-state index contributed by atoms with van der Waals surface area (Å²) in [6, 6.07) is 16.3. The van der Waals surface area contributed by atoms with Gasteiger partial charge in [-0.1, -0.05) is 12.1 Å². The van der Waals surface area contributed by atoms with Crippen LogP contribution in [-0.2, 0) is 0 Å². The third-order valence-corrected chi connectivity index (χ3v) is 4.47. The zero-order valence-electron chi connectivity index (χ0n) is 15.1. The third kappa shape index (κ3) is 3.18. The standard InChI is InChI=1S/C21H18N6/c1-27(2)18-6-3-14(4-7-18)19-13-23-11-16(10-22)21(19)25-17-5-8-20-15(9-17)12-24-26-20/h3-9,11-13H,1-2H3,(H,23,25)(H,24,26). The van der Waals surface area contributed by atoms with E-state index >= 15 is 0 Å². The number of aromatic nitrogens is 3. The fraction of sp³-hybridized carbons (Fsp3) is 0.0952. The van der Waals surface area contributed by atoms with Crippen LogP contribution < -0.4 is 10.2 Å². The Bertz CT molecular complexity index is 1140. The molecule has 0 fully saturated rings. The van der Waals surface area contributed by atoms with Crippen molar-refractivity contribution in [3.05, 3.63) is 66.6 Å². The van der Waals surface area contributed by atoms with E-state index in [1.54, 1.807) is 18.6 Å². The van der Waals surface area contributed by atoms with Gasteiger partial charge in [-0.25, -0.2) is 0 Å². The van der Waals surface area contributed by atoms with Crippen LogP contribution >= 0.6 is 0 Å². The Morgan fingerprint density at radius 3 is 2.59 bits per heavy atom. The molecule has 0 bridgehead atoms. The Morgan fingerprint density at radius 1 is 1.04 bits per heavy atom. The van der Waals surface area contributed by atoms with Crippen molar-refractivity contribution in [3.63, 3.8) is 0 Å². The topological polar surface area (TPSA) is 80.6 Å². The summed E-state index contributed by atoms with van der Waals surface area (Å²) in [5.74, 6) is 0. The molecule has 27 heavy (non-hydrogen) atoms. The highest BCUT2D eigenvalue weighted by atomic mass is 15.1. The molecular weight excluding hydrogens is 336 g/mol. The number of nitrogens with one attached hydrogen (secondary N) is 2. The lowest BCUT2D eigenvalue weighted by molar-refractivity contribution is 1.12. The summed E-state index contributed by atoms with van der Waals surface area (Å²) < 4.78 is 0. The van der Waals surface area contributed by atoms with E-state index in [4.69, 9.17) is 0 Å². The Hall–Kier alpha value is -3.85. The molecule has 2 aromatic carbocycles. The lowest BCUT2D eigenvalue weighted by Crippen LogP contribution is -2.08. The monoisotopic (exact) mass is 354 g/mol. The average Bonchev–Trinajstić information content (AvgIpc) is 3.16. The summed E-state index contributed by atoms with van der Waals surface area (Å²) in [4.78, 5) is 6.29. The number of nitrogens with zero attached hydrogens (tertiary/aromatic N) is 4. The molecular formula is C21H18N6. The third-order valence-electron chi connectivity index (χ3n) is 4.47. The molecule has 2 aromatic heterocycles. The average molecular weight is 354 g/mol. The maximum Gasteiger partial charge on any atom is 0.103 e. The Labute approximate surface area is 157 Å². The highest BCUT2D eigenvalue weighted by Gasteiger charge is 2.12. The molecule has 4 rings (SSSR count). The van der Waals surface area contributed by atoms with Gasteiger partial charge in [-0.3, -0.25) is 10.1 Å². The molecule has 0 atom stereocenters. The smallest absolute Gasteiger partial charge is 0.103 e. The van der Waals surface area contributed by atoms with Crippen LogP contribution in [0.1, 0.15) is 5.56 Å². The molecule has 2 N–H and O–H groups in total. The summed E-state index contributed by atoms with van der Waals surface area (Å²) >= 11 is 0. The molecule has 0 radical (unpaired) electrons. The summed E-state index contributed by atoms with van der Waals surface area (Å²) in [7, 11) is 4.01. The lowest BCUT2D eigenvalue weighted by Gasteiger charge is -2.16. The predicted molar refractivity (Wildman–Crippen MR) is 108 cm³/mol. The van der Waals surface area contributed by atoms with Gasteiger partial charge in [0, 0.05) is 48.8 Å². The van der Waals surface area contributed by atoms with Crippen molar-refractivity contribution in [3.8, 4) is 17.2 Å². The van der Waals surface area contributed by atoms with E-state index in [1.807, 2.05) is 49.3 Å². The SMILES string of the molecule is CN(C)c1ccc(-c2cncc(C#N)c2Nc2ccc3[nH]ncc3c2)cc1. The van der Waals surface area contributed by atoms with Crippen LogP contribution in [0, 0.1) is 11.3 Å². The van der Waals surface area contributed by atoms with Crippen molar-refractivity contribution < 1.29 is 0 Å². The van der Waals surface area contributed by atoms with Crippen LogP contribution in [0.15, 0.2) is 61.1 Å². The van der Waals surface area contributed by atoms with E-state index in [2.05, 4.69) is 38.7 Å². The predicted octanol–water partition coefficient (Wildman–Crippen LogP) is 4.31. The quantitative estimate of drug-likeness (QED) is 0.571. The molecule has 0 spiro atoms. The Balaban J connectivity index is 1.78. The molecule has 6 nitrogen and oxygen atoms in total. The fourth-order valence-corrected chi connectivity index (χ4v) is 3.00. The first kappa shape index (κ1) is 16.6. The minimum absolute atomic E-state index is 0.497. The van der Waals surface area contributed by atoms with Crippen molar-refractivity contribution in [2.24, 2.45) is 0 Å². The van der Waals surface area contributed by atoms with E-state index in [9.17, 15) is 5.26 Å². The van der Waals surface area contributed by atoms with Crippen molar-refractivity contribution in [1.29, 1.82) is 5.26 Å². The maximum atomic E-state index is 9.57. The van der Waals surface area contributed by atoms with Gasteiger partial charge >= 0.3 is 0 Å². The number of aromatic amines is 1. The first-order chi connectivity index (χ1) is 13.2. The van der Waals surface area contributed by atoms with Crippen LogP contribution in [0.5, 0.6) is 0 Å². The van der Waals surface area contributed by atoms with Crippen LogP contribution in [0.3, 0.4) is 0 Å². The van der Waals surface area contributed by atoms with Crippen LogP contribution in [0.25, 0.3) is 22.0 Å². The van der Waals surface area contributed by atoms with Crippen molar-refractivity contribution in [2.45, 2.75) is 0 Å². The first-order valence-corrected chi connectivity index (χ1v) is 8.52. The number of anilines is 3. The zero-order valence-corrected chi connectivity index (χ0v) is 15.1. The second kappa shape index (κ2) is 6.81. The van der Waals surface area contributed by atoms with Gasteiger partial charge in [0.2, 0.25) is 0 Å². The second-order valence-corrected chi connectivity index (χ2v) is 6.46. The normalized spacial score (nSPS) is 10.6. The van der Waals surface area contributed by atoms with Gasteiger partial charge in [0.05, 0.1) is 23.0 Å². The minimum Gasteiger partial charge on any atom is -0.378 e. The first-order valence-electron chi connectivity index (χ1n) is 8.52. The number of hydrogen-bond donors (Lipinski definition) is 2. The van der Waals surface area contributed by atoms with Gasteiger partial charge < -0.3 is 10.2 Å². The Kier molecular flexibility index (Phi) is 4.19. The summed E-state index contributed by atoms with van der Waals surface area (Å²) in [5, 5.41) is 21.0. The highest BCUT2D eigenvalue weighted by molar-refractivity contribution is 5.88. The fourth-order valence-electron chi connectivity index (χ4n) is 3.00. The van der Waals surface area contributed by atoms with Gasteiger partial charge in [0.1, 0.15) is 6.07 Å².